The van der Waals surface area contributed by atoms with Crippen LogP contribution in [0.1, 0.15) is 12.0 Å². The Hall–Kier alpha value is -2.89. The number of ether oxygens (including phenoxy) is 2. The average molecular weight is 501 g/mol. The third-order valence-electron chi connectivity index (χ3n) is 5.35. The number of nitrogens with one attached hydrogen (secondary N) is 1. The largest absolute Gasteiger partial charge is 0.710 e. The molecule has 0 unspecified atom stereocenters. The van der Waals surface area contributed by atoms with E-state index >= 15 is 0 Å². The zero-order chi connectivity index (χ0) is 24.3. The van der Waals surface area contributed by atoms with Gasteiger partial charge in [-0.2, -0.15) is 13.2 Å². The molecule has 12 heteroatoms. The molecule has 0 bridgehead atoms. The van der Waals surface area contributed by atoms with Gasteiger partial charge in [0.15, 0.2) is 0 Å². The van der Waals surface area contributed by atoms with Crippen molar-refractivity contribution in [3.8, 4) is 5.75 Å². The number of alkyl halides is 3. The Balaban J connectivity index is 1.61. The number of hydrogen-bond donors (Lipinski definition) is 1. The van der Waals surface area contributed by atoms with Gasteiger partial charge in [0.05, 0.1) is 35.8 Å². The molecule has 0 amide bonds. The highest BCUT2D eigenvalue weighted by molar-refractivity contribution is 6.31. The van der Waals surface area contributed by atoms with Crippen LogP contribution in [-0.2, 0) is 10.9 Å². The Morgan fingerprint density at radius 1 is 1.21 bits per heavy atom. The minimum absolute atomic E-state index is 0.0193. The highest BCUT2D eigenvalue weighted by atomic mass is 35.5. The molecule has 1 aromatic heterocycles. The second kappa shape index (κ2) is 10.2. The number of anilines is 2. The Bertz CT molecular complexity index is 1170. The van der Waals surface area contributed by atoms with Crippen LogP contribution in [0, 0.1) is 11.0 Å². The molecule has 0 radical (unpaired) electrons. The van der Waals surface area contributed by atoms with E-state index in [4.69, 9.17) is 21.1 Å². The number of halogens is 5. The van der Waals surface area contributed by atoms with Gasteiger partial charge < -0.3 is 20.0 Å². The molecule has 1 aliphatic heterocycles. The van der Waals surface area contributed by atoms with Gasteiger partial charge in [0, 0.05) is 31.4 Å². The van der Waals surface area contributed by atoms with Crippen molar-refractivity contribution in [3.63, 3.8) is 0 Å². The summed E-state index contributed by atoms with van der Waals surface area (Å²) >= 11 is 5.78. The lowest BCUT2D eigenvalue weighted by atomic mass is 10.1. The quantitative estimate of drug-likeness (QED) is 0.222. The lowest BCUT2D eigenvalue weighted by Crippen LogP contribution is -2.37. The number of morpholine rings is 1. The summed E-state index contributed by atoms with van der Waals surface area (Å²) in [5.74, 6) is -1.10. The lowest BCUT2D eigenvalue weighted by Gasteiger charge is -2.26. The molecule has 1 saturated heterocycles. The third kappa shape index (κ3) is 5.60. The molecule has 0 atom stereocenters. The van der Waals surface area contributed by atoms with Crippen molar-refractivity contribution in [1.82, 2.24) is 9.88 Å². The Morgan fingerprint density at radius 3 is 2.68 bits per heavy atom. The lowest BCUT2D eigenvalue weighted by molar-refractivity contribution is -0.580. The van der Waals surface area contributed by atoms with Gasteiger partial charge in [-0.1, -0.05) is 11.6 Å². The summed E-state index contributed by atoms with van der Waals surface area (Å²) < 4.78 is 66.1. The molecule has 7 nitrogen and oxygen atoms in total. The zero-order valence-corrected chi connectivity index (χ0v) is 18.6. The number of fused-ring (bicyclic) bond motifs is 1. The first-order valence-electron chi connectivity index (χ1n) is 10.5. The van der Waals surface area contributed by atoms with Gasteiger partial charge in [0.1, 0.15) is 17.1 Å². The summed E-state index contributed by atoms with van der Waals surface area (Å²) in [5.41, 5.74) is -0.803. The molecule has 3 aromatic rings. The van der Waals surface area contributed by atoms with E-state index in [9.17, 15) is 22.8 Å². The Morgan fingerprint density at radius 2 is 1.97 bits per heavy atom. The van der Waals surface area contributed by atoms with Crippen molar-refractivity contribution in [3.05, 3.63) is 58.3 Å². The van der Waals surface area contributed by atoms with Gasteiger partial charge in [0.2, 0.25) is 0 Å². The van der Waals surface area contributed by atoms with Crippen LogP contribution in [0.15, 0.2) is 36.7 Å². The van der Waals surface area contributed by atoms with Crippen LogP contribution in [0.2, 0.25) is 5.02 Å². The predicted octanol–water partition coefficient (Wildman–Crippen LogP) is 4.52. The summed E-state index contributed by atoms with van der Waals surface area (Å²) in [5, 5.41) is 14.9. The van der Waals surface area contributed by atoms with E-state index in [1.54, 1.807) is 0 Å². The first kappa shape index (κ1) is 24.2. The molecular formula is C22H21ClF4N4O3. The fourth-order valence-corrected chi connectivity index (χ4v) is 3.81. The van der Waals surface area contributed by atoms with Crippen molar-refractivity contribution in [2.24, 2.45) is 0 Å². The van der Waals surface area contributed by atoms with Crippen molar-refractivity contribution < 1.29 is 31.8 Å². The number of nitrogens with zero attached hydrogens (tertiary/aromatic N) is 3. The SMILES string of the molecule is [O-][n+]1cnc(Nc2ccc(F)c(Cl)c2)c2cc(C(F)(F)F)c(OCCCN3CCOCC3)cc21. The number of hydrogen-bond acceptors (Lipinski definition) is 6. The van der Waals surface area contributed by atoms with Crippen LogP contribution in [-0.4, -0.2) is 49.3 Å². The fraction of sp³-hybridized carbons (Fsp3) is 0.364. The van der Waals surface area contributed by atoms with Crippen LogP contribution in [0.25, 0.3) is 10.9 Å². The maximum Gasteiger partial charge on any atom is 0.419 e. The third-order valence-corrected chi connectivity index (χ3v) is 5.64. The first-order valence-corrected chi connectivity index (χ1v) is 10.9. The molecule has 0 aliphatic carbocycles. The van der Waals surface area contributed by atoms with Crippen LogP contribution in [0.5, 0.6) is 5.75 Å². The highest BCUT2D eigenvalue weighted by Gasteiger charge is 2.36. The van der Waals surface area contributed by atoms with E-state index in [0.717, 1.165) is 37.6 Å². The molecule has 1 aliphatic rings. The fourth-order valence-electron chi connectivity index (χ4n) is 3.63. The smallest absolute Gasteiger partial charge is 0.419 e. The van der Waals surface area contributed by atoms with Crippen LogP contribution >= 0.6 is 11.6 Å². The van der Waals surface area contributed by atoms with Crippen LogP contribution in [0.3, 0.4) is 0 Å². The monoisotopic (exact) mass is 500 g/mol. The molecular weight excluding hydrogens is 480 g/mol. The van der Waals surface area contributed by atoms with E-state index in [2.05, 4.69) is 15.2 Å². The number of benzene rings is 2. The highest BCUT2D eigenvalue weighted by Crippen LogP contribution is 2.40. The summed E-state index contributed by atoms with van der Waals surface area (Å²) in [6.07, 6.45) is -3.29. The predicted molar refractivity (Wildman–Crippen MR) is 118 cm³/mol. The topological polar surface area (TPSA) is 73.6 Å². The van der Waals surface area contributed by atoms with Gasteiger partial charge >= 0.3 is 6.18 Å². The van der Waals surface area contributed by atoms with Crippen molar-refractivity contribution in [2.75, 3.05) is 44.8 Å². The second-order valence-electron chi connectivity index (χ2n) is 7.69. The Kier molecular flexibility index (Phi) is 7.24. The molecule has 0 saturated carbocycles. The van der Waals surface area contributed by atoms with E-state index in [0.29, 0.717) is 36.6 Å². The molecule has 1 fully saturated rings. The second-order valence-corrected chi connectivity index (χ2v) is 8.10. The molecule has 0 spiro atoms. The minimum Gasteiger partial charge on any atom is -0.710 e. The molecule has 182 valence electrons. The van der Waals surface area contributed by atoms with Gasteiger partial charge in [-0.05, 0) is 35.7 Å². The standard InChI is InChI=1S/C22H21ClF4N4O3/c23-17-10-14(2-3-18(17)24)29-21-15-11-16(22(25,26)27)20(12-19(15)31(32)13-28-21)34-7-1-4-30-5-8-33-9-6-30/h2-3,10-13H,1,4-9H2,(H,28,29). The average Bonchev–Trinajstić information content (AvgIpc) is 2.81. The van der Waals surface area contributed by atoms with Crippen molar-refractivity contribution >= 4 is 34.0 Å². The van der Waals surface area contributed by atoms with Gasteiger partial charge in [0.25, 0.3) is 12.1 Å². The summed E-state index contributed by atoms with van der Waals surface area (Å²) in [7, 11) is 0. The van der Waals surface area contributed by atoms with Gasteiger partial charge in [-0.3, -0.25) is 4.90 Å². The summed E-state index contributed by atoms with van der Waals surface area (Å²) in [6, 6.07) is 5.60. The number of rotatable bonds is 7. The number of aromatic nitrogens is 2. The maximum absolute atomic E-state index is 13.8. The molecule has 1 N–H and O–H groups in total. The first-order chi connectivity index (χ1) is 16.2. The van der Waals surface area contributed by atoms with E-state index < -0.39 is 23.3 Å². The zero-order valence-electron chi connectivity index (χ0n) is 17.9. The van der Waals surface area contributed by atoms with Gasteiger partial charge in [-0.25, -0.2) is 9.12 Å². The summed E-state index contributed by atoms with van der Waals surface area (Å²) in [4.78, 5) is 6.06. The Labute approximate surface area is 197 Å². The van der Waals surface area contributed by atoms with E-state index in [1.165, 1.54) is 12.1 Å². The molecule has 2 aromatic carbocycles. The molecule has 4 rings (SSSR count). The minimum atomic E-state index is -4.73. The van der Waals surface area contributed by atoms with Gasteiger partial charge in [-0.15, -0.1) is 0 Å². The van der Waals surface area contributed by atoms with E-state index in [-0.39, 0.29) is 28.4 Å². The van der Waals surface area contributed by atoms with Crippen molar-refractivity contribution in [2.45, 2.75) is 12.6 Å². The maximum atomic E-state index is 13.8. The molecule has 34 heavy (non-hydrogen) atoms. The van der Waals surface area contributed by atoms with Crippen LogP contribution < -0.4 is 14.8 Å². The summed E-state index contributed by atoms with van der Waals surface area (Å²) in [6.45, 7) is 3.50. The van der Waals surface area contributed by atoms with E-state index in [1.807, 2.05) is 0 Å². The van der Waals surface area contributed by atoms with Crippen LogP contribution in [0.4, 0.5) is 29.1 Å². The van der Waals surface area contributed by atoms with Crippen molar-refractivity contribution in [1.29, 1.82) is 0 Å². The molecule has 2 heterocycles. The normalized spacial score (nSPS) is 15.0.